The number of aromatic hydroxyl groups is 17. The molecule has 85 heavy (non-hydrogen) atoms. The summed E-state index contributed by atoms with van der Waals surface area (Å²) in [6.45, 7) is 0. The van der Waals surface area contributed by atoms with Crippen LogP contribution >= 0.6 is 0 Å². The zero-order valence-corrected chi connectivity index (χ0v) is 43.0. The summed E-state index contributed by atoms with van der Waals surface area (Å²) in [5.41, 5.74) is -8.47. The van der Waals surface area contributed by atoms with Gasteiger partial charge in [0.15, 0.2) is 80.6 Å². The molecule has 25 heteroatoms. The van der Waals surface area contributed by atoms with Crippen LogP contribution in [-0.2, 0) is 17.6 Å². The molecule has 4 heterocycles. The predicted molar refractivity (Wildman–Crippen MR) is 283 cm³/mol. The Morgan fingerprint density at radius 2 is 0.812 bits per heavy atom. The van der Waals surface area contributed by atoms with Crippen LogP contribution in [0.2, 0.25) is 0 Å². The van der Waals surface area contributed by atoms with Crippen molar-refractivity contribution >= 4 is 0 Å². The first kappa shape index (κ1) is 52.5. The summed E-state index contributed by atoms with van der Waals surface area (Å²) in [5.74, 6) is -21.4. The molecule has 6 aliphatic rings. The largest absolute Gasteiger partial charge is 0.508 e. The van der Waals surface area contributed by atoms with Gasteiger partial charge >= 0.3 is 0 Å². The standard InChI is InChI=1S/C60H46O25/c61-20-10-27(65)41-38(11-20)84-59(18-6-33(71)49(77)34(72)7-18)23-14-28(66)42-45(51(79)53(17-4-31(69)48(76)32(70)5-17)83-55(42)40(23)46(41)57(59)80)43-29(67)15-30(68)44-47-39-22(60(58(47)81,85-56(43)44)19-8-35(73)50(78)36(74)9-19)13-25(63)21-12-37(75)52(82-54(21)39)16-1-2-24(62)26(64)3-16/h1-11,13-15,37,45-47,51-53,57-58,61-81H,12H2/t37-,45-,46+,47+,51+,52+,53+,57-,58-,59+,60+/m0/s1. The maximum Gasteiger partial charge on any atom is 0.200 e. The first-order valence-electron chi connectivity index (χ1n) is 25.9. The Labute approximate surface area is 474 Å². The maximum atomic E-state index is 13.2. The molecular formula is C60H46O25. The molecule has 8 aromatic carbocycles. The average molecular weight is 1170 g/mol. The Hall–Kier alpha value is -10.6. The van der Waals surface area contributed by atoms with Crippen molar-refractivity contribution in [1.82, 2.24) is 0 Å². The lowest BCUT2D eigenvalue weighted by Gasteiger charge is -2.44. The third kappa shape index (κ3) is 6.70. The lowest BCUT2D eigenvalue weighted by molar-refractivity contribution is -0.0411. The molecule has 25 nitrogen and oxygen atoms in total. The van der Waals surface area contributed by atoms with Crippen molar-refractivity contribution in [3.8, 4) is 121 Å². The van der Waals surface area contributed by atoms with Crippen molar-refractivity contribution in [3.63, 3.8) is 0 Å². The van der Waals surface area contributed by atoms with Crippen LogP contribution in [0.4, 0.5) is 0 Å². The molecule has 8 aromatic rings. The molecule has 0 fully saturated rings. The zero-order valence-electron chi connectivity index (χ0n) is 43.0. The van der Waals surface area contributed by atoms with Gasteiger partial charge in [-0.15, -0.1) is 0 Å². The van der Waals surface area contributed by atoms with Gasteiger partial charge in [-0.1, -0.05) is 6.07 Å². The van der Waals surface area contributed by atoms with Gasteiger partial charge in [0.1, 0.15) is 81.9 Å². The van der Waals surface area contributed by atoms with Crippen LogP contribution in [0.15, 0.2) is 84.9 Å². The van der Waals surface area contributed by atoms with E-state index in [-0.39, 0.29) is 73.6 Å². The Morgan fingerprint density at radius 3 is 1.39 bits per heavy atom. The van der Waals surface area contributed by atoms with E-state index in [1.54, 1.807) is 0 Å². The van der Waals surface area contributed by atoms with E-state index in [1.807, 2.05) is 0 Å². The molecule has 4 bridgehead atoms. The fraction of sp³-hybridized carbons (Fsp3) is 0.200. The highest BCUT2D eigenvalue weighted by atomic mass is 16.5. The molecule has 0 spiro atoms. The molecular weight excluding hydrogens is 1120 g/mol. The SMILES string of the molecule is Oc1cc(O)c2c(c1)O[C@]1(c3cc(O)c(O)c(O)c3)c3cc(O)c4c(c3[C@H]2[C@@H]1O)O[C@H](c1cc(O)c(O)c(O)c1)[C@H](O)[C@@H]4c1c(O)cc(O)c2c1O[C@]1(c3cc(O)c(O)c(O)c3)c3cc(O)c4c(c3[C@H]2[C@@H]1O)O[C@H](c1ccc(O)c(O)c1)[C@@H](O)C4. The summed E-state index contributed by atoms with van der Waals surface area (Å²) in [4.78, 5) is 0. The van der Waals surface area contributed by atoms with Gasteiger partial charge in [0.2, 0.25) is 0 Å². The van der Waals surface area contributed by atoms with Gasteiger partial charge in [-0.25, -0.2) is 0 Å². The minimum absolute atomic E-state index is 0.0673. The number of fused-ring (bicyclic) bond motifs is 18. The van der Waals surface area contributed by atoms with E-state index in [0.29, 0.717) is 0 Å². The lowest BCUT2D eigenvalue weighted by Crippen LogP contribution is -2.47. The third-order valence-electron chi connectivity index (χ3n) is 17.5. The predicted octanol–water partition coefficient (Wildman–Crippen LogP) is 4.63. The second kappa shape index (κ2) is 17.2. The third-order valence-corrected chi connectivity index (χ3v) is 17.5. The number of aliphatic hydroxyl groups excluding tert-OH is 4. The van der Waals surface area contributed by atoms with Crippen LogP contribution in [-0.4, -0.2) is 132 Å². The van der Waals surface area contributed by atoms with Crippen molar-refractivity contribution in [2.24, 2.45) is 0 Å². The van der Waals surface area contributed by atoms with Crippen LogP contribution in [0.3, 0.4) is 0 Å². The second-order valence-electron chi connectivity index (χ2n) is 21.9. The highest BCUT2D eigenvalue weighted by Crippen LogP contribution is 2.71. The number of hydrogen-bond acceptors (Lipinski definition) is 25. The Morgan fingerprint density at radius 1 is 0.353 bits per heavy atom. The zero-order chi connectivity index (χ0) is 60.3. The molecule has 0 radical (unpaired) electrons. The topological polar surface area (TPSA) is 462 Å². The number of rotatable bonds is 5. The number of phenols is 17. The summed E-state index contributed by atoms with van der Waals surface area (Å²) in [5, 5.41) is 241. The van der Waals surface area contributed by atoms with Gasteiger partial charge in [-0.05, 0) is 66.2 Å². The van der Waals surface area contributed by atoms with E-state index in [2.05, 4.69) is 0 Å². The maximum absolute atomic E-state index is 13.2. The molecule has 0 amide bonds. The summed E-state index contributed by atoms with van der Waals surface area (Å²) in [6.07, 6.45) is -11.5. The quantitative estimate of drug-likeness (QED) is 0.104. The van der Waals surface area contributed by atoms with E-state index >= 15 is 0 Å². The van der Waals surface area contributed by atoms with Crippen molar-refractivity contribution in [2.45, 2.75) is 72.0 Å². The van der Waals surface area contributed by atoms with Crippen LogP contribution < -0.4 is 18.9 Å². The number of aliphatic hydroxyl groups is 4. The molecule has 0 saturated carbocycles. The highest BCUT2D eigenvalue weighted by molar-refractivity contribution is 5.78. The van der Waals surface area contributed by atoms with Gasteiger partial charge in [0.05, 0.1) is 23.9 Å². The van der Waals surface area contributed by atoms with Gasteiger partial charge in [0, 0.05) is 91.4 Å². The molecule has 0 saturated heterocycles. The molecule has 21 N–H and O–H groups in total. The van der Waals surface area contributed by atoms with Crippen molar-refractivity contribution in [3.05, 3.63) is 157 Å². The normalized spacial score (nSPS) is 26.0. The second-order valence-corrected chi connectivity index (χ2v) is 21.9. The molecule has 436 valence electrons. The first-order chi connectivity index (χ1) is 40.3. The van der Waals surface area contributed by atoms with E-state index in [9.17, 15) is 107 Å². The van der Waals surface area contributed by atoms with Gasteiger partial charge in [-0.3, -0.25) is 0 Å². The smallest absolute Gasteiger partial charge is 0.200 e. The molecule has 14 rings (SSSR count). The van der Waals surface area contributed by atoms with Crippen molar-refractivity contribution in [2.75, 3.05) is 0 Å². The van der Waals surface area contributed by atoms with Crippen molar-refractivity contribution in [1.29, 1.82) is 0 Å². The fourth-order valence-corrected chi connectivity index (χ4v) is 13.9. The average Bonchev–Trinajstić information content (AvgIpc) is 1.55. The van der Waals surface area contributed by atoms with E-state index < -0.39 is 192 Å². The Bertz CT molecular complexity index is 4240. The lowest BCUT2D eigenvalue weighted by atomic mass is 9.73. The van der Waals surface area contributed by atoms with Gasteiger partial charge in [-0.2, -0.15) is 0 Å². The summed E-state index contributed by atoms with van der Waals surface area (Å²) in [7, 11) is 0. The molecule has 4 aliphatic heterocycles. The molecule has 0 unspecified atom stereocenters. The monoisotopic (exact) mass is 1170 g/mol. The minimum atomic E-state index is -2.59. The summed E-state index contributed by atoms with van der Waals surface area (Å²) < 4.78 is 26.8. The number of phenolic OH excluding ortho intramolecular Hbond substituents is 17. The number of ether oxygens (including phenoxy) is 4. The molecule has 2 aliphatic carbocycles. The first-order valence-corrected chi connectivity index (χ1v) is 25.9. The van der Waals surface area contributed by atoms with E-state index in [0.717, 1.165) is 78.9 Å². The summed E-state index contributed by atoms with van der Waals surface area (Å²) >= 11 is 0. The minimum Gasteiger partial charge on any atom is -0.508 e. The summed E-state index contributed by atoms with van der Waals surface area (Å²) in [6, 6.07) is 13.8. The van der Waals surface area contributed by atoms with Crippen LogP contribution in [0.25, 0.3) is 0 Å². The van der Waals surface area contributed by atoms with Crippen LogP contribution in [0.1, 0.15) is 102 Å². The molecule has 11 atom stereocenters. The van der Waals surface area contributed by atoms with Gasteiger partial charge < -0.3 is 126 Å². The Kier molecular flexibility index (Phi) is 10.6. The van der Waals surface area contributed by atoms with E-state index in [1.165, 1.54) is 6.07 Å². The number of benzene rings is 8. The number of hydrogen-bond donors (Lipinski definition) is 21. The van der Waals surface area contributed by atoms with Crippen LogP contribution in [0, 0.1) is 0 Å². The van der Waals surface area contributed by atoms with Gasteiger partial charge in [0.25, 0.3) is 0 Å². The molecule has 0 aromatic heterocycles. The van der Waals surface area contributed by atoms with Crippen LogP contribution in [0.5, 0.6) is 121 Å². The fourth-order valence-electron chi connectivity index (χ4n) is 13.9. The Balaban J connectivity index is 1.07. The van der Waals surface area contributed by atoms with Crippen molar-refractivity contribution < 1.29 is 126 Å². The van der Waals surface area contributed by atoms with E-state index in [4.69, 9.17) is 18.9 Å². The highest BCUT2D eigenvalue weighted by Gasteiger charge is 2.66.